The van der Waals surface area contributed by atoms with Crippen LogP contribution in [0.15, 0.2) is 23.6 Å². The van der Waals surface area contributed by atoms with E-state index in [4.69, 9.17) is 4.99 Å². The Bertz CT molecular complexity index is 689. The number of nitrogens with zero attached hydrogens (tertiary/aromatic N) is 5. The molecule has 1 N–H and O–H groups in total. The second kappa shape index (κ2) is 7.79. The Hall–Kier alpha value is -1.89. The van der Waals surface area contributed by atoms with Gasteiger partial charge in [0.05, 0.1) is 11.2 Å². The first kappa shape index (κ1) is 17.0. The van der Waals surface area contributed by atoms with Gasteiger partial charge in [-0.25, -0.2) is 4.98 Å². The fraction of sp³-hybridized carbons (Fsp3) is 0.588. The molecule has 0 saturated carbocycles. The van der Waals surface area contributed by atoms with Crippen molar-refractivity contribution in [3.05, 3.63) is 34.0 Å². The van der Waals surface area contributed by atoms with Crippen molar-refractivity contribution in [2.45, 2.75) is 32.6 Å². The van der Waals surface area contributed by atoms with E-state index < -0.39 is 0 Å². The molecule has 0 aromatic carbocycles. The van der Waals surface area contributed by atoms with Crippen molar-refractivity contribution in [3.63, 3.8) is 0 Å². The molecule has 1 atom stereocenters. The summed E-state index contributed by atoms with van der Waals surface area (Å²) in [5.41, 5.74) is 1.33. The average molecular weight is 347 g/mol. The number of aliphatic imine (C=N–C) groups is 1. The highest BCUT2D eigenvalue weighted by molar-refractivity contribution is 7.11. The van der Waals surface area contributed by atoms with Gasteiger partial charge in [0, 0.05) is 62.8 Å². The highest BCUT2D eigenvalue weighted by Crippen LogP contribution is 2.26. The van der Waals surface area contributed by atoms with Gasteiger partial charge in [-0.05, 0) is 25.8 Å². The standard InChI is InChI=1S/C17H26N6S/c1-4-18-17(19-7-5-16-20-9-13(2)24-16)23-8-6-14(12-23)15-10-21-22(3)11-15/h9-11,14H,4-8,12H2,1-3H3,(H,18,19). The minimum atomic E-state index is 0.546. The smallest absolute Gasteiger partial charge is 0.193 e. The summed E-state index contributed by atoms with van der Waals surface area (Å²) >= 11 is 1.76. The number of nitrogens with one attached hydrogen (secondary N) is 1. The van der Waals surface area contributed by atoms with Gasteiger partial charge in [-0.15, -0.1) is 11.3 Å². The maximum absolute atomic E-state index is 4.81. The summed E-state index contributed by atoms with van der Waals surface area (Å²) in [7, 11) is 1.97. The number of rotatable bonds is 5. The van der Waals surface area contributed by atoms with E-state index in [-0.39, 0.29) is 0 Å². The zero-order valence-corrected chi connectivity index (χ0v) is 15.5. The normalized spacial score (nSPS) is 18.4. The van der Waals surface area contributed by atoms with E-state index in [2.05, 4.69) is 40.3 Å². The quantitative estimate of drug-likeness (QED) is 0.666. The Balaban J connectivity index is 1.59. The summed E-state index contributed by atoms with van der Waals surface area (Å²) in [5.74, 6) is 1.57. The Morgan fingerprint density at radius 2 is 2.33 bits per heavy atom. The topological polar surface area (TPSA) is 58.3 Å². The van der Waals surface area contributed by atoms with E-state index in [1.165, 1.54) is 15.4 Å². The SMILES string of the molecule is CCNC(=NCCc1ncc(C)s1)N1CCC(c2cnn(C)c2)C1. The monoisotopic (exact) mass is 346 g/mol. The zero-order valence-electron chi connectivity index (χ0n) is 14.7. The minimum Gasteiger partial charge on any atom is -0.357 e. The molecule has 2 aromatic heterocycles. The van der Waals surface area contributed by atoms with Gasteiger partial charge in [0.2, 0.25) is 0 Å². The highest BCUT2D eigenvalue weighted by atomic mass is 32.1. The predicted octanol–water partition coefficient (Wildman–Crippen LogP) is 2.18. The Morgan fingerprint density at radius 3 is 3.00 bits per heavy atom. The number of aromatic nitrogens is 3. The molecular formula is C17H26N6S. The molecule has 1 fully saturated rings. The summed E-state index contributed by atoms with van der Waals surface area (Å²) in [5, 5.41) is 8.90. The van der Waals surface area contributed by atoms with Gasteiger partial charge < -0.3 is 10.2 Å². The fourth-order valence-corrected chi connectivity index (χ4v) is 3.85. The largest absolute Gasteiger partial charge is 0.357 e. The lowest BCUT2D eigenvalue weighted by Gasteiger charge is -2.21. The van der Waals surface area contributed by atoms with Gasteiger partial charge in [0.25, 0.3) is 0 Å². The third-order valence-electron chi connectivity index (χ3n) is 4.28. The molecule has 1 saturated heterocycles. The number of thiazole rings is 1. The average Bonchev–Trinajstić information content (AvgIpc) is 3.27. The Kier molecular flexibility index (Phi) is 5.50. The first-order chi connectivity index (χ1) is 11.7. The van der Waals surface area contributed by atoms with E-state index in [1.807, 2.05) is 24.1 Å². The van der Waals surface area contributed by atoms with Crippen LogP contribution in [0.3, 0.4) is 0 Å². The molecule has 0 radical (unpaired) electrons. The van der Waals surface area contributed by atoms with Gasteiger partial charge in [0.1, 0.15) is 0 Å². The first-order valence-electron chi connectivity index (χ1n) is 8.58. The van der Waals surface area contributed by atoms with Crippen LogP contribution < -0.4 is 5.32 Å². The van der Waals surface area contributed by atoms with Crippen LogP contribution in [0.1, 0.15) is 34.7 Å². The summed E-state index contributed by atoms with van der Waals surface area (Å²) < 4.78 is 1.88. The van der Waals surface area contributed by atoms with Crippen molar-refractivity contribution in [2.24, 2.45) is 12.0 Å². The molecular weight excluding hydrogens is 320 g/mol. The molecule has 3 rings (SSSR count). The highest BCUT2D eigenvalue weighted by Gasteiger charge is 2.26. The molecule has 24 heavy (non-hydrogen) atoms. The van der Waals surface area contributed by atoms with E-state index in [9.17, 15) is 0 Å². The number of aryl methyl sites for hydroxylation is 2. The van der Waals surface area contributed by atoms with Crippen molar-refractivity contribution in [1.29, 1.82) is 0 Å². The molecule has 0 spiro atoms. The number of guanidine groups is 1. The van der Waals surface area contributed by atoms with E-state index in [1.54, 1.807) is 11.3 Å². The second-order valence-electron chi connectivity index (χ2n) is 6.23. The summed E-state index contributed by atoms with van der Waals surface area (Å²) in [6.45, 7) is 7.94. The third-order valence-corrected chi connectivity index (χ3v) is 5.25. The van der Waals surface area contributed by atoms with Crippen molar-refractivity contribution >= 4 is 17.3 Å². The van der Waals surface area contributed by atoms with Gasteiger partial charge in [-0.1, -0.05) is 0 Å². The number of likely N-dealkylation sites (tertiary alicyclic amines) is 1. The molecule has 1 aliphatic heterocycles. The molecule has 3 heterocycles. The minimum absolute atomic E-state index is 0.546. The lowest BCUT2D eigenvalue weighted by atomic mass is 10.0. The van der Waals surface area contributed by atoms with Crippen molar-refractivity contribution < 1.29 is 0 Å². The first-order valence-corrected chi connectivity index (χ1v) is 9.40. The third kappa shape index (κ3) is 4.14. The van der Waals surface area contributed by atoms with Gasteiger partial charge in [-0.2, -0.15) is 5.10 Å². The van der Waals surface area contributed by atoms with Crippen LogP contribution in [-0.4, -0.2) is 51.8 Å². The zero-order chi connectivity index (χ0) is 16.9. The lowest BCUT2D eigenvalue weighted by molar-refractivity contribution is 0.486. The molecule has 0 aliphatic carbocycles. The summed E-state index contributed by atoms with van der Waals surface area (Å²) in [4.78, 5) is 12.9. The van der Waals surface area contributed by atoms with E-state index in [0.717, 1.165) is 45.0 Å². The lowest BCUT2D eigenvalue weighted by Crippen LogP contribution is -2.40. The molecule has 2 aromatic rings. The van der Waals surface area contributed by atoms with Crippen molar-refractivity contribution in [3.8, 4) is 0 Å². The van der Waals surface area contributed by atoms with E-state index >= 15 is 0 Å². The Morgan fingerprint density at radius 1 is 1.46 bits per heavy atom. The molecule has 0 amide bonds. The molecule has 6 nitrogen and oxygen atoms in total. The van der Waals surface area contributed by atoms with Crippen LogP contribution >= 0.6 is 11.3 Å². The van der Waals surface area contributed by atoms with Crippen LogP contribution in [0.5, 0.6) is 0 Å². The maximum Gasteiger partial charge on any atom is 0.193 e. The maximum atomic E-state index is 4.81. The molecule has 1 aliphatic rings. The van der Waals surface area contributed by atoms with Crippen LogP contribution in [-0.2, 0) is 13.5 Å². The molecule has 7 heteroatoms. The fourth-order valence-electron chi connectivity index (χ4n) is 3.08. The van der Waals surface area contributed by atoms with Gasteiger partial charge in [0.15, 0.2) is 5.96 Å². The van der Waals surface area contributed by atoms with Gasteiger partial charge >= 0.3 is 0 Å². The Labute approximate surface area is 147 Å². The van der Waals surface area contributed by atoms with Crippen molar-refractivity contribution in [2.75, 3.05) is 26.2 Å². The summed E-state index contributed by atoms with van der Waals surface area (Å²) in [6.07, 6.45) is 8.12. The van der Waals surface area contributed by atoms with Crippen LogP contribution in [0.4, 0.5) is 0 Å². The van der Waals surface area contributed by atoms with Gasteiger partial charge in [-0.3, -0.25) is 9.67 Å². The molecule has 130 valence electrons. The van der Waals surface area contributed by atoms with Crippen LogP contribution in [0.2, 0.25) is 0 Å². The van der Waals surface area contributed by atoms with Crippen molar-refractivity contribution in [1.82, 2.24) is 25.0 Å². The second-order valence-corrected chi connectivity index (χ2v) is 7.55. The van der Waals surface area contributed by atoms with E-state index in [0.29, 0.717) is 5.92 Å². The molecule has 0 bridgehead atoms. The van der Waals surface area contributed by atoms with Crippen LogP contribution in [0.25, 0.3) is 0 Å². The summed E-state index contributed by atoms with van der Waals surface area (Å²) in [6, 6.07) is 0. The van der Waals surface area contributed by atoms with Crippen LogP contribution in [0, 0.1) is 6.92 Å². The predicted molar refractivity (Wildman–Crippen MR) is 98.7 cm³/mol. The number of hydrogen-bond acceptors (Lipinski definition) is 4. The number of hydrogen-bond donors (Lipinski definition) is 1. The molecule has 1 unspecified atom stereocenters.